The third-order valence-corrected chi connectivity index (χ3v) is 2.44. The molecular formula is C9H16N2O. The third-order valence-electron chi connectivity index (χ3n) is 2.44. The molecule has 1 aliphatic heterocycles. The second-order valence-corrected chi connectivity index (χ2v) is 4.38. The molecule has 0 aromatic heterocycles. The van der Waals surface area contributed by atoms with Crippen molar-refractivity contribution in [1.29, 1.82) is 0 Å². The molecule has 2 N–H and O–H groups in total. The van der Waals surface area contributed by atoms with Crippen LogP contribution in [0.3, 0.4) is 0 Å². The molecule has 1 atom stereocenters. The number of nitrogens with two attached hydrogens (primary N) is 1. The van der Waals surface area contributed by atoms with Crippen LogP contribution in [0, 0.1) is 5.41 Å². The Hall–Kier alpha value is -0.860. The van der Waals surface area contributed by atoms with Crippen molar-refractivity contribution in [3.63, 3.8) is 0 Å². The molecule has 0 aromatic rings. The summed E-state index contributed by atoms with van der Waals surface area (Å²) in [5, 5.41) is 0. The number of nitrogens with zero attached hydrogens (tertiary/aromatic N) is 1. The van der Waals surface area contributed by atoms with Crippen LogP contribution in [0.25, 0.3) is 0 Å². The van der Waals surface area contributed by atoms with Crippen LogP contribution in [0.1, 0.15) is 33.6 Å². The summed E-state index contributed by atoms with van der Waals surface area (Å²) >= 11 is 0. The molecule has 0 spiro atoms. The zero-order valence-corrected chi connectivity index (χ0v) is 7.92. The summed E-state index contributed by atoms with van der Waals surface area (Å²) in [6.07, 6.45) is 2.72. The maximum absolute atomic E-state index is 10.6. The van der Waals surface area contributed by atoms with Gasteiger partial charge in [-0.15, -0.1) is 0 Å². The van der Waals surface area contributed by atoms with Crippen molar-refractivity contribution in [2.45, 2.75) is 39.2 Å². The highest BCUT2D eigenvalue weighted by atomic mass is 16.1. The summed E-state index contributed by atoms with van der Waals surface area (Å²) in [6, 6.07) is 0. The van der Waals surface area contributed by atoms with Crippen molar-refractivity contribution in [2.24, 2.45) is 16.1 Å². The molecule has 0 bridgehead atoms. The average molecular weight is 168 g/mol. The van der Waals surface area contributed by atoms with Crippen LogP contribution in [0.4, 0.5) is 0 Å². The first-order valence-electron chi connectivity index (χ1n) is 4.22. The van der Waals surface area contributed by atoms with E-state index >= 15 is 0 Å². The zero-order chi connectivity index (χ0) is 9.41. The van der Waals surface area contributed by atoms with Gasteiger partial charge in [-0.1, -0.05) is 13.8 Å². The van der Waals surface area contributed by atoms with Crippen molar-refractivity contribution in [2.75, 3.05) is 0 Å². The van der Waals surface area contributed by atoms with E-state index in [2.05, 4.69) is 4.99 Å². The van der Waals surface area contributed by atoms with Crippen molar-refractivity contribution in [3.8, 4) is 0 Å². The van der Waals surface area contributed by atoms with Crippen LogP contribution in [0.5, 0.6) is 0 Å². The number of hydrogen-bond donors (Lipinski definition) is 1. The van der Waals surface area contributed by atoms with Gasteiger partial charge in [0.2, 0.25) is 0 Å². The lowest BCUT2D eigenvalue weighted by molar-refractivity contribution is -0.115. The van der Waals surface area contributed by atoms with Gasteiger partial charge in [0, 0.05) is 5.41 Å². The fraction of sp³-hybridized carbons (Fsp3) is 0.778. The van der Waals surface area contributed by atoms with Crippen LogP contribution in [-0.4, -0.2) is 17.7 Å². The van der Waals surface area contributed by atoms with Gasteiger partial charge in [-0.3, -0.25) is 4.99 Å². The van der Waals surface area contributed by atoms with Gasteiger partial charge >= 0.3 is 0 Å². The van der Waals surface area contributed by atoms with E-state index in [1.54, 1.807) is 0 Å². The first-order valence-corrected chi connectivity index (χ1v) is 4.22. The molecule has 0 aliphatic carbocycles. The molecule has 1 aliphatic rings. The van der Waals surface area contributed by atoms with Gasteiger partial charge < -0.3 is 10.5 Å². The monoisotopic (exact) mass is 168 g/mol. The van der Waals surface area contributed by atoms with Gasteiger partial charge in [0.1, 0.15) is 17.7 Å². The second-order valence-electron chi connectivity index (χ2n) is 4.38. The molecule has 1 rings (SSSR count). The van der Waals surface area contributed by atoms with Gasteiger partial charge in [-0.25, -0.2) is 0 Å². The van der Waals surface area contributed by atoms with Crippen LogP contribution < -0.4 is 5.73 Å². The smallest absolute Gasteiger partial charge is 0.125 e. The summed E-state index contributed by atoms with van der Waals surface area (Å²) in [5.41, 5.74) is 5.17. The largest absolute Gasteiger partial charge is 0.385 e. The average Bonchev–Trinajstić information content (AvgIpc) is 2.58. The van der Waals surface area contributed by atoms with Gasteiger partial charge in [-0.2, -0.15) is 0 Å². The lowest BCUT2D eigenvalue weighted by atomic mass is 9.86. The van der Waals surface area contributed by atoms with Crippen LogP contribution in [0.2, 0.25) is 0 Å². The summed E-state index contributed by atoms with van der Waals surface area (Å²) in [5.74, 6) is 0.726. The first kappa shape index (κ1) is 9.23. The van der Waals surface area contributed by atoms with E-state index in [9.17, 15) is 4.79 Å². The fourth-order valence-corrected chi connectivity index (χ4v) is 1.05. The molecule has 0 radical (unpaired) electrons. The molecule has 68 valence electrons. The van der Waals surface area contributed by atoms with E-state index in [1.165, 1.54) is 0 Å². The number of rotatable bonds is 4. The van der Waals surface area contributed by atoms with Gasteiger partial charge in [-0.05, 0) is 19.8 Å². The van der Waals surface area contributed by atoms with Gasteiger partial charge in [0.25, 0.3) is 0 Å². The molecule has 0 fully saturated rings. The molecule has 1 heterocycles. The Morgan fingerprint density at radius 2 is 2.17 bits per heavy atom. The van der Waals surface area contributed by atoms with E-state index in [-0.39, 0.29) is 11.0 Å². The molecule has 3 heteroatoms. The molecule has 0 saturated carbocycles. The van der Waals surface area contributed by atoms with Crippen LogP contribution in [-0.2, 0) is 4.79 Å². The van der Waals surface area contributed by atoms with Crippen molar-refractivity contribution < 1.29 is 4.79 Å². The van der Waals surface area contributed by atoms with E-state index in [1.807, 2.05) is 20.8 Å². The molecule has 1 unspecified atom stereocenters. The summed E-state index contributed by atoms with van der Waals surface area (Å²) in [7, 11) is 0. The molecule has 0 aromatic carbocycles. The lowest BCUT2D eigenvalue weighted by Crippen LogP contribution is -2.24. The van der Waals surface area contributed by atoms with Crippen molar-refractivity contribution >= 4 is 12.1 Å². The third kappa shape index (κ3) is 1.84. The first-order chi connectivity index (χ1) is 5.40. The number of aliphatic imine (C=N–C) groups is 1. The quantitative estimate of drug-likeness (QED) is 0.639. The number of carbonyl (C=O) groups excluding carboxylic acids is 1. The topological polar surface area (TPSA) is 55.5 Å². The minimum absolute atomic E-state index is 0.125. The fourth-order valence-electron chi connectivity index (χ4n) is 1.05. The van der Waals surface area contributed by atoms with E-state index in [0.29, 0.717) is 0 Å². The molecular weight excluding hydrogens is 152 g/mol. The number of amidine groups is 1. The Balaban J connectivity index is 2.32. The minimum atomic E-state index is -0.235. The molecule has 0 saturated heterocycles. The predicted molar refractivity (Wildman–Crippen MR) is 49.1 cm³/mol. The Kier molecular flexibility index (Phi) is 1.98. The van der Waals surface area contributed by atoms with E-state index in [0.717, 1.165) is 25.0 Å². The lowest BCUT2D eigenvalue weighted by Gasteiger charge is -2.18. The van der Waals surface area contributed by atoms with E-state index in [4.69, 9.17) is 5.73 Å². The van der Waals surface area contributed by atoms with Crippen LogP contribution >= 0.6 is 0 Å². The number of carbonyl (C=O) groups is 1. The molecule has 12 heavy (non-hydrogen) atoms. The number of hydrogen-bond acceptors (Lipinski definition) is 3. The Bertz CT molecular complexity index is 233. The molecule has 0 amide bonds. The van der Waals surface area contributed by atoms with Gasteiger partial charge in [0.15, 0.2) is 0 Å². The number of aldehydes is 1. The molecule has 3 nitrogen and oxygen atoms in total. The summed E-state index contributed by atoms with van der Waals surface area (Å²) in [6.45, 7) is 5.87. The highest BCUT2D eigenvalue weighted by molar-refractivity contribution is 6.01. The standard InChI is InChI=1S/C9H16N2O/c1-8(2,6-12)4-5-9(3)7(10)11-9/h6H,4-5H2,1-3H3,(H2,10,11). The SMILES string of the molecule is CC(C)(C=O)CCC1(C)N=C1N. The minimum Gasteiger partial charge on any atom is -0.385 e. The maximum Gasteiger partial charge on any atom is 0.125 e. The predicted octanol–water partition coefficient (Wildman–Crippen LogP) is 1.12. The van der Waals surface area contributed by atoms with Gasteiger partial charge in [0.05, 0.1) is 0 Å². The summed E-state index contributed by atoms with van der Waals surface area (Å²) < 4.78 is 0. The Labute approximate surface area is 73.0 Å². The Morgan fingerprint density at radius 1 is 1.67 bits per heavy atom. The normalized spacial score (nSPS) is 28.1. The van der Waals surface area contributed by atoms with E-state index < -0.39 is 0 Å². The Morgan fingerprint density at radius 3 is 2.50 bits per heavy atom. The highest BCUT2D eigenvalue weighted by Crippen LogP contribution is 2.33. The highest BCUT2D eigenvalue weighted by Gasteiger charge is 2.40. The summed E-state index contributed by atoms with van der Waals surface area (Å²) in [4.78, 5) is 14.7. The second kappa shape index (κ2) is 2.57. The zero-order valence-electron chi connectivity index (χ0n) is 7.92. The van der Waals surface area contributed by atoms with Crippen molar-refractivity contribution in [3.05, 3.63) is 0 Å². The van der Waals surface area contributed by atoms with Crippen molar-refractivity contribution in [1.82, 2.24) is 0 Å². The maximum atomic E-state index is 10.6. The van der Waals surface area contributed by atoms with Crippen LogP contribution in [0.15, 0.2) is 4.99 Å².